The highest BCUT2D eigenvalue weighted by molar-refractivity contribution is 6.31. The number of rotatable bonds is 8. The molecule has 4 rings (SSSR count). The smallest absolute Gasteiger partial charge is 0.0827 e. The minimum atomic E-state index is -0.416. The Morgan fingerprint density at radius 1 is 1.06 bits per heavy atom. The van der Waals surface area contributed by atoms with Crippen molar-refractivity contribution in [1.82, 2.24) is 10.2 Å². The SMILES string of the molecule is CC(C)[C@H](CN1CCC(C2C=CC(Cl)=CC2)CC1)NCC1C=C(C2C=CC=CC2O)C=CC1.O.O. The Balaban J connectivity index is 0.00000216. The van der Waals surface area contributed by atoms with E-state index in [1.165, 1.54) is 31.5 Å². The van der Waals surface area contributed by atoms with Crippen LogP contribution in [0.1, 0.15) is 39.5 Å². The topological polar surface area (TPSA) is 98.5 Å². The Kier molecular flexibility index (Phi) is 12.2. The van der Waals surface area contributed by atoms with Crippen LogP contribution in [0.25, 0.3) is 0 Å². The lowest BCUT2D eigenvalue weighted by Gasteiger charge is -2.38. The number of halogens is 1. The Labute approximate surface area is 216 Å². The van der Waals surface area contributed by atoms with E-state index in [4.69, 9.17) is 11.6 Å². The maximum Gasteiger partial charge on any atom is 0.0827 e. The molecule has 0 aromatic heterocycles. The third kappa shape index (κ3) is 8.28. The summed E-state index contributed by atoms with van der Waals surface area (Å²) in [6.07, 6.45) is 25.8. The molecule has 3 aliphatic carbocycles. The molecule has 35 heavy (non-hydrogen) atoms. The molecular formula is C29H45ClN2O3. The maximum absolute atomic E-state index is 10.3. The molecule has 4 aliphatic rings. The van der Waals surface area contributed by atoms with Crippen molar-refractivity contribution in [3.05, 3.63) is 71.4 Å². The average Bonchev–Trinajstić information content (AvgIpc) is 2.83. The van der Waals surface area contributed by atoms with E-state index in [9.17, 15) is 5.11 Å². The van der Waals surface area contributed by atoms with E-state index in [1.807, 2.05) is 18.2 Å². The van der Waals surface area contributed by atoms with E-state index in [0.717, 1.165) is 36.9 Å². The molecule has 6 heteroatoms. The number of likely N-dealkylation sites (tertiary alicyclic amines) is 1. The number of hydrogen-bond acceptors (Lipinski definition) is 3. The fourth-order valence-corrected chi connectivity index (χ4v) is 5.82. The van der Waals surface area contributed by atoms with Crippen LogP contribution < -0.4 is 5.32 Å². The van der Waals surface area contributed by atoms with Crippen LogP contribution in [-0.4, -0.2) is 59.3 Å². The lowest BCUT2D eigenvalue weighted by molar-refractivity contribution is 0.138. The Bertz CT molecular complexity index is 837. The zero-order chi connectivity index (χ0) is 23.2. The molecular weight excluding hydrogens is 460 g/mol. The highest BCUT2D eigenvalue weighted by atomic mass is 35.5. The Morgan fingerprint density at radius 3 is 2.46 bits per heavy atom. The van der Waals surface area contributed by atoms with Crippen molar-refractivity contribution < 1.29 is 16.1 Å². The minimum Gasteiger partial charge on any atom is -0.412 e. The van der Waals surface area contributed by atoms with Crippen LogP contribution in [0.15, 0.2) is 71.4 Å². The molecule has 0 radical (unpaired) electrons. The third-order valence-electron chi connectivity index (χ3n) is 7.90. The van der Waals surface area contributed by atoms with E-state index in [-0.39, 0.29) is 16.9 Å². The van der Waals surface area contributed by atoms with Gasteiger partial charge in [0.15, 0.2) is 0 Å². The second-order valence-corrected chi connectivity index (χ2v) is 11.0. The van der Waals surface area contributed by atoms with Crippen LogP contribution in [0.5, 0.6) is 0 Å². The van der Waals surface area contributed by atoms with E-state index in [2.05, 4.69) is 66.6 Å². The monoisotopic (exact) mass is 504 g/mol. The van der Waals surface area contributed by atoms with Crippen LogP contribution >= 0.6 is 11.6 Å². The molecule has 0 aromatic rings. The van der Waals surface area contributed by atoms with Crippen molar-refractivity contribution in [2.75, 3.05) is 26.2 Å². The van der Waals surface area contributed by atoms with Gasteiger partial charge in [-0.05, 0) is 74.1 Å². The van der Waals surface area contributed by atoms with Gasteiger partial charge in [0, 0.05) is 30.1 Å². The van der Waals surface area contributed by atoms with E-state index in [1.54, 1.807) is 0 Å². The Hall–Kier alpha value is -1.47. The fourth-order valence-electron chi connectivity index (χ4n) is 5.66. The van der Waals surface area contributed by atoms with Crippen LogP contribution in [-0.2, 0) is 0 Å². The van der Waals surface area contributed by atoms with E-state index in [0.29, 0.717) is 23.8 Å². The quantitative estimate of drug-likeness (QED) is 0.523. The largest absolute Gasteiger partial charge is 0.412 e. The molecule has 196 valence electrons. The molecule has 1 fully saturated rings. The second-order valence-electron chi connectivity index (χ2n) is 10.6. The Morgan fingerprint density at radius 2 is 1.80 bits per heavy atom. The molecule has 1 aliphatic heterocycles. The molecule has 0 amide bonds. The molecule has 5 nitrogen and oxygen atoms in total. The molecule has 4 unspecified atom stereocenters. The number of nitrogens with zero attached hydrogens (tertiary/aromatic N) is 1. The lowest BCUT2D eigenvalue weighted by Crippen LogP contribution is -2.48. The fraction of sp³-hybridized carbons (Fsp3) is 0.586. The highest BCUT2D eigenvalue weighted by Crippen LogP contribution is 2.32. The number of allylic oxidation sites excluding steroid dienone is 8. The van der Waals surface area contributed by atoms with Crippen molar-refractivity contribution in [3.8, 4) is 0 Å². The first-order valence-corrected chi connectivity index (χ1v) is 13.3. The van der Waals surface area contributed by atoms with Gasteiger partial charge in [0.05, 0.1) is 6.10 Å². The summed E-state index contributed by atoms with van der Waals surface area (Å²) in [5.74, 6) is 2.64. The van der Waals surface area contributed by atoms with Crippen molar-refractivity contribution >= 4 is 11.6 Å². The molecule has 6 N–H and O–H groups in total. The van der Waals surface area contributed by atoms with Gasteiger partial charge in [-0.3, -0.25) is 0 Å². The summed E-state index contributed by atoms with van der Waals surface area (Å²) in [7, 11) is 0. The number of piperidine rings is 1. The second kappa shape index (κ2) is 14.3. The minimum absolute atomic E-state index is 0. The van der Waals surface area contributed by atoms with Crippen molar-refractivity contribution in [2.24, 2.45) is 29.6 Å². The van der Waals surface area contributed by atoms with Crippen LogP contribution in [0.2, 0.25) is 0 Å². The molecule has 0 aromatic carbocycles. The van der Waals surface area contributed by atoms with E-state index < -0.39 is 6.10 Å². The number of aliphatic hydroxyl groups excluding tert-OH is 1. The first-order valence-electron chi connectivity index (χ1n) is 12.9. The summed E-state index contributed by atoms with van der Waals surface area (Å²) in [4.78, 5) is 2.67. The van der Waals surface area contributed by atoms with Gasteiger partial charge in [-0.15, -0.1) is 0 Å². The zero-order valence-electron chi connectivity index (χ0n) is 21.2. The standard InChI is InChI=1S/C29H41ClN2O.2H2O/c1-21(2)28(20-32-16-14-24(15-17-32)23-10-12-26(30)13-11-23)31-19-22-6-5-7-25(18-22)27-8-3-4-9-29(27)33;;/h3-5,7-10,12-13,18,21-24,27-29,31,33H,6,11,14-17,19-20H2,1-2H3;2*1H2/t22?,23?,27?,28-,29?;;/m0../s1. The molecule has 1 saturated heterocycles. The third-order valence-corrected chi connectivity index (χ3v) is 8.18. The number of nitrogens with one attached hydrogen (secondary N) is 1. The molecule has 5 atom stereocenters. The van der Waals surface area contributed by atoms with Gasteiger partial charge in [0.1, 0.15) is 0 Å². The number of aliphatic hydroxyl groups is 1. The molecule has 0 bridgehead atoms. The van der Waals surface area contributed by atoms with Crippen molar-refractivity contribution in [2.45, 2.75) is 51.7 Å². The maximum atomic E-state index is 10.3. The van der Waals surface area contributed by atoms with Crippen molar-refractivity contribution in [3.63, 3.8) is 0 Å². The lowest BCUT2D eigenvalue weighted by atomic mass is 9.80. The normalized spacial score (nSPS) is 29.9. The van der Waals surface area contributed by atoms with Gasteiger partial charge in [-0.2, -0.15) is 0 Å². The van der Waals surface area contributed by atoms with Crippen LogP contribution in [0, 0.1) is 29.6 Å². The molecule has 0 spiro atoms. The van der Waals surface area contributed by atoms with Gasteiger partial charge < -0.3 is 26.3 Å². The summed E-state index contributed by atoms with van der Waals surface area (Å²) in [6, 6.07) is 0.503. The average molecular weight is 505 g/mol. The molecule has 1 heterocycles. The summed E-state index contributed by atoms with van der Waals surface area (Å²) in [5, 5.41) is 15.1. The van der Waals surface area contributed by atoms with Gasteiger partial charge in [0.2, 0.25) is 0 Å². The van der Waals surface area contributed by atoms with Crippen LogP contribution in [0.3, 0.4) is 0 Å². The summed E-state index contributed by atoms with van der Waals surface area (Å²) >= 11 is 6.11. The van der Waals surface area contributed by atoms with Crippen molar-refractivity contribution in [1.29, 1.82) is 0 Å². The summed E-state index contributed by atoms with van der Waals surface area (Å²) in [5.41, 5.74) is 1.25. The van der Waals surface area contributed by atoms with E-state index >= 15 is 0 Å². The predicted molar refractivity (Wildman–Crippen MR) is 147 cm³/mol. The molecule has 0 saturated carbocycles. The highest BCUT2D eigenvalue weighted by Gasteiger charge is 2.28. The number of hydrogen-bond donors (Lipinski definition) is 2. The van der Waals surface area contributed by atoms with Gasteiger partial charge in [-0.25, -0.2) is 0 Å². The van der Waals surface area contributed by atoms with Gasteiger partial charge >= 0.3 is 0 Å². The summed E-state index contributed by atoms with van der Waals surface area (Å²) < 4.78 is 0. The van der Waals surface area contributed by atoms with Gasteiger partial charge in [-0.1, -0.05) is 80.1 Å². The first kappa shape index (κ1) is 29.8. The summed E-state index contributed by atoms with van der Waals surface area (Å²) in [6.45, 7) is 9.20. The van der Waals surface area contributed by atoms with Gasteiger partial charge in [0.25, 0.3) is 0 Å². The first-order chi connectivity index (χ1) is 16.0. The zero-order valence-corrected chi connectivity index (χ0v) is 22.0. The predicted octanol–water partition coefficient (Wildman–Crippen LogP) is 3.97. The van der Waals surface area contributed by atoms with Crippen LogP contribution in [0.4, 0.5) is 0 Å².